The molecule has 0 spiro atoms. The third-order valence-corrected chi connectivity index (χ3v) is 8.15. The Morgan fingerprint density at radius 3 is 1.50 bits per heavy atom. The molecule has 0 aliphatic rings. The van der Waals surface area contributed by atoms with Gasteiger partial charge in [-0.1, -0.05) is 12.1 Å². The van der Waals surface area contributed by atoms with E-state index >= 15 is 0 Å². The van der Waals surface area contributed by atoms with Gasteiger partial charge in [0.2, 0.25) is 0 Å². The van der Waals surface area contributed by atoms with Crippen LogP contribution in [0.5, 0.6) is 0 Å². The molecule has 4 aromatic heterocycles. The van der Waals surface area contributed by atoms with E-state index in [2.05, 4.69) is 61.0 Å². The zero-order valence-corrected chi connectivity index (χ0v) is 16.5. The molecule has 118 valence electrons. The van der Waals surface area contributed by atoms with Crippen LogP contribution in [0.1, 0.15) is 9.75 Å². The molecule has 5 aromatic rings. The van der Waals surface area contributed by atoms with Crippen LogP contribution in [0, 0.1) is 13.8 Å². The van der Waals surface area contributed by atoms with E-state index in [1.54, 1.807) is 0 Å². The van der Waals surface area contributed by atoms with Crippen LogP contribution in [0.15, 0.2) is 47.2 Å². The quantitative estimate of drug-likeness (QED) is 0.289. The molecule has 0 nitrogen and oxygen atoms in total. The van der Waals surface area contributed by atoms with Crippen molar-refractivity contribution >= 4 is 65.5 Å². The fraction of sp³-hybridized carbons (Fsp3) is 0.100. The molecule has 0 aliphatic heterocycles. The van der Waals surface area contributed by atoms with Crippen molar-refractivity contribution in [2.75, 3.05) is 0 Å². The number of hydrogen-bond donors (Lipinski definition) is 0. The molecule has 0 bridgehead atoms. The second-order valence-electron chi connectivity index (χ2n) is 5.90. The standard InChI is InChI=1S/C20H14S4/c1-11-9-13-17(15-5-3-7-21-15)20-14(10-12(2)24-20)18(19(13)23-11)16-6-4-8-22-16/h3-10H,1-2H3. The van der Waals surface area contributed by atoms with Gasteiger partial charge in [-0.15, -0.1) is 45.3 Å². The van der Waals surface area contributed by atoms with E-state index in [0.29, 0.717) is 0 Å². The second-order valence-corrected chi connectivity index (χ2v) is 10.3. The first-order chi connectivity index (χ1) is 11.7. The van der Waals surface area contributed by atoms with Crippen molar-refractivity contribution < 1.29 is 0 Å². The van der Waals surface area contributed by atoms with Crippen LogP contribution < -0.4 is 0 Å². The van der Waals surface area contributed by atoms with Gasteiger partial charge in [0.05, 0.1) is 0 Å². The highest BCUT2D eigenvalue weighted by Gasteiger charge is 2.21. The minimum Gasteiger partial charge on any atom is -0.144 e. The minimum atomic E-state index is 1.38. The molecule has 0 unspecified atom stereocenters. The summed E-state index contributed by atoms with van der Waals surface area (Å²) in [5, 5.41) is 7.19. The summed E-state index contributed by atoms with van der Waals surface area (Å²) in [6.45, 7) is 4.45. The summed E-state index contributed by atoms with van der Waals surface area (Å²) in [7, 11) is 0. The lowest BCUT2D eigenvalue weighted by molar-refractivity contribution is 1.66. The van der Waals surface area contributed by atoms with Crippen LogP contribution in [0.3, 0.4) is 0 Å². The van der Waals surface area contributed by atoms with E-state index in [4.69, 9.17) is 0 Å². The first-order valence-electron chi connectivity index (χ1n) is 7.76. The summed E-state index contributed by atoms with van der Waals surface area (Å²) in [5.41, 5.74) is 2.86. The predicted octanol–water partition coefficient (Wildman–Crippen LogP) is 8.19. The summed E-state index contributed by atoms with van der Waals surface area (Å²) >= 11 is 7.54. The van der Waals surface area contributed by atoms with Gasteiger partial charge in [-0.25, -0.2) is 0 Å². The summed E-state index contributed by atoms with van der Waals surface area (Å²) < 4.78 is 2.87. The highest BCUT2D eigenvalue weighted by molar-refractivity contribution is 7.23. The molecule has 0 atom stereocenters. The van der Waals surface area contributed by atoms with Crippen LogP contribution in [-0.4, -0.2) is 0 Å². The summed E-state index contributed by atoms with van der Waals surface area (Å²) in [6, 6.07) is 13.6. The number of hydrogen-bond acceptors (Lipinski definition) is 4. The highest BCUT2D eigenvalue weighted by atomic mass is 32.1. The normalized spacial score (nSPS) is 11.8. The van der Waals surface area contributed by atoms with E-state index in [1.165, 1.54) is 50.8 Å². The maximum absolute atomic E-state index is 2.38. The van der Waals surface area contributed by atoms with E-state index in [0.717, 1.165) is 0 Å². The van der Waals surface area contributed by atoms with Gasteiger partial charge in [0.25, 0.3) is 0 Å². The molecule has 0 fully saturated rings. The van der Waals surface area contributed by atoms with Crippen molar-refractivity contribution in [2.24, 2.45) is 0 Å². The van der Waals surface area contributed by atoms with Crippen LogP contribution >= 0.6 is 45.3 Å². The Hall–Kier alpha value is -1.46. The lowest BCUT2D eigenvalue weighted by Crippen LogP contribution is -1.81. The van der Waals surface area contributed by atoms with E-state index in [1.807, 2.05) is 45.3 Å². The van der Waals surface area contributed by atoms with Crippen molar-refractivity contribution in [2.45, 2.75) is 13.8 Å². The smallest absolute Gasteiger partial charge is 0.0445 e. The average Bonchev–Trinajstić information content (AvgIpc) is 3.31. The monoisotopic (exact) mass is 382 g/mol. The first-order valence-corrected chi connectivity index (χ1v) is 11.2. The zero-order chi connectivity index (χ0) is 16.3. The maximum Gasteiger partial charge on any atom is 0.0445 e. The molecule has 0 saturated carbocycles. The van der Waals surface area contributed by atoms with Gasteiger partial charge in [0, 0.05) is 50.8 Å². The van der Waals surface area contributed by atoms with Crippen molar-refractivity contribution in [1.82, 2.24) is 0 Å². The first kappa shape index (κ1) is 14.8. The summed E-state index contributed by atoms with van der Waals surface area (Å²) in [6.07, 6.45) is 0. The molecular formula is C20H14S4. The molecule has 0 aliphatic carbocycles. The van der Waals surface area contributed by atoms with Crippen molar-refractivity contribution in [3.8, 4) is 20.9 Å². The van der Waals surface area contributed by atoms with Gasteiger partial charge < -0.3 is 0 Å². The summed E-state index contributed by atoms with van der Waals surface area (Å²) in [5.74, 6) is 0. The molecule has 0 saturated heterocycles. The fourth-order valence-electron chi connectivity index (χ4n) is 3.35. The van der Waals surface area contributed by atoms with Gasteiger partial charge in [0.1, 0.15) is 0 Å². The largest absolute Gasteiger partial charge is 0.144 e. The van der Waals surface area contributed by atoms with E-state index < -0.39 is 0 Å². The lowest BCUT2D eigenvalue weighted by atomic mass is 10.00. The van der Waals surface area contributed by atoms with Crippen molar-refractivity contribution in [3.05, 3.63) is 56.9 Å². The zero-order valence-electron chi connectivity index (χ0n) is 13.3. The maximum atomic E-state index is 2.38. The Bertz CT molecular complexity index is 1010. The summed E-state index contributed by atoms with van der Waals surface area (Å²) in [4.78, 5) is 5.52. The number of rotatable bonds is 2. The minimum absolute atomic E-state index is 1.38. The molecule has 4 heterocycles. The van der Waals surface area contributed by atoms with Gasteiger partial charge in [0.15, 0.2) is 0 Å². The molecule has 24 heavy (non-hydrogen) atoms. The Morgan fingerprint density at radius 2 is 1.12 bits per heavy atom. The highest BCUT2D eigenvalue weighted by Crippen LogP contribution is 2.50. The SMILES string of the molecule is Cc1cc2c(-c3cccs3)c3sc(C)cc3c(-c3cccs3)c2s1. The molecule has 1 aromatic carbocycles. The molecule has 0 radical (unpaired) electrons. The topological polar surface area (TPSA) is 0 Å². The van der Waals surface area contributed by atoms with E-state index in [-0.39, 0.29) is 0 Å². The van der Waals surface area contributed by atoms with Gasteiger partial charge in [-0.3, -0.25) is 0 Å². The lowest BCUT2D eigenvalue weighted by Gasteiger charge is -2.09. The number of thiophene rings is 4. The molecule has 0 N–H and O–H groups in total. The Morgan fingerprint density at radius 1 is 0.667 bits per heavy atom. The fourth-order valence-corrected chi connectivity index (χ4v) is 7.24. The van der Waals surface area contributed by atoms with Crippen molar-refractivity contribution in [3.63, 3.8) is 0 Å². The van der Waals surface area contributed by atoms with Crippen LogP contribution in [0.4, 0.5) is 0 Å². The Kier molecular flexibility index (Phi) is 3.42. The Balaban J connectivity index is 2.05. The van der Waals surface area contributed by atoms with Crippen LogP contribution in [0.25, 0.3) is 41.1 Å². The second kappa shape index (κ2) is 5.53. The number of benzene rings is 1. The van der Waals surface area contributed by atoms with Crippen molar-refractivity contribution in [1.29, 1.82) is 0 Å². The van der Waals surface area contributed by atoms with Crippen LogP contribution in [0.2, 0.25) is 0 Å². The Labute approximate surface area is 156 Å². The number of fused-ring (bicyclic) bond motifs is 2. The number of aryl methyl sites for hydroxylation is 2. The molecular weight excluding hydrogens is 368 g/mol. The van der Waals surface area contributed by atoms with Crippen LogP contribution in [-0.2, 0) is 0 Å². The third kappa shape index (κ3) is 2.14. The molecule has 5 rings (SSSR count). The van der Waals surface area contributed by atoms with Gasteiger partial charge >= 0.3 is 0 Å². The van der Waals surface area contributed by atoms with E-state index in [9.17, 15) is 0 Å². The predicted molar refractivity (Wildman–Crippen MR) is 113 cm³/mol. The van der Waals surface area contributed by atoms with Gasteiger partial charge in [-0.2, -0.15) is 0 Å². The van der Waals surface area contributed by atoms with Gasteiger partial charge in [-0.05, 0) is 48.9 Å². The molecule has 4 heteroatoms. The molecule has 0 amide bonds. The third-order valence-electron chi connectivity index (χ3n) is 4.24. The average molecular weight is 383 g/mol.